The quantitative estimate of drug-likeness (QED) is 0.531. The summed E-state index contributed by atoms with van der Waals surface area (Å²) in [4.78, 5) is 30.9. The number of benzene rings is 2. The number of H-pyrrole nitrogens is 1. The highest BCUT2D eigenvalue weighted by molar-refractivity contribution is 5.89. The van der Waals surface area contributed by atoms with Gasteiger partial charge in [-0.3, -0.25) is 4.79 Å². The molecule has 0 spiro atoms. The Morgan fingerprint density at radius 2 is 1.84 bits per heavy atom. The van der Waals surface area contributed by atoms with Crippen LogP contribution in [0, 0.1) is 6.92 Å². The fourth-order valence-electron chi connectivity index (χ4n) is 4.38. The summed E-state index contributed by atoms with van der Waals surface area (Å²) in [6.07, 6.45) is 5.32. The molecule has 1 aliphatic rings. The number of nitrogens with one attached hydrogen (secondary N) is 2. The molecule has 4 rings (SSSR count). The molecule has 0 radical (unpaired) electrons. The minimum absolute atomic E-state index is 0.124. The van der Waals surface area contributed by atoms with Gasteiger partial charge in [-0.05, 0) is 63.1 Å². The minimum atomic E-state index is -0.164. The van der Waals surface area contributed by atoms with Crippen LogP contribution in [0.4, 0.5) is 10.5 Å². The predicted octanol–water partition coefficient (Wildman–Crippen LogP) is 5.60. The fraction of sp³-hybridized carbons (Fsp3) is 0.385. The SMILES string of the molecule is CCOc1ccc2[nH]c(=O)c(CN(C(=O)Nc3ccc(C)cc3)C3CCCCC3)cc2c1. The molecule has 0 unspecified atom stereocenters. The van der Waals surface area contributed by atoms with Gasteiger partial charge in [-0.25, -0.2) is 4.79 Å². The summed E-state index contributed by atoms with van der Waals surface area (Å²) >= 11 is 0. The van der Waals surface area contributed by atoms with Gasteiger partial charge in [-0.15, -0.1) is 0 Å². The largest absolute Gasteiger partial charge is 0.494 e. The molecular formula is C26H31N3O3. The summed E-state index contributed by atoms with van der Waals surface area (Å²) < 4.78 is 5.61. The van der Waals surface area contributed by atoms with Crippen LogP contribution in [0.5, 0.6) is 5.75 Å². The van der Waals surface area contributed by atoms with Crippen LogP contribution in [0.15, 0.2) is 53.3 Å². The number of aromatic amines is 1. The summed E-state index contributed by atoms with van der Waals surface area (Å²) in [5.41, 5.74) is 3.08. The molecule has 6 nitrogen and oxygen atoms in total. The standard InChI is InChI=1S/C26H31N3O3/c1-3-32-23-13-14-24-19(16-23)15-20(25(30)28-24)17-29(22-7-5-4-6-8-22)26(31)27-21-11-9-18(2)10-12-21/h9-16,22H,3-8,17H2,1-2H3,(H,27,31)(H,28,30). The summed E-state index contributed by atoms with van der Waals surface area (Å²) in [5, 5.41) is 3.92. The lowest BCUT2D eigenvalue weighted by atomic mass is 9.94. The van der Waals surface area contributed by atoms with E-state index in [-0.39, 0.29) is 24.2 Å². The molecule has 0 atom stereocenters. The van der Waals surface area contributed by atoms with Gasteiger partial charge in [0.05, 0.1) is 13.2 Å². The van der Waals surface area contributed by atoms with E-state index < -0.39 is 0 Å². The molecule has 0 saturated heterocycles. The van der Waals surface area contributed by atoms with Gasteiger partial charge >= 0.3 is 6.03 Å². The monoisotopic (exact) mass is 433 g/mol. The third kappa shape index (κ3) is 5.13. The van der Waals surface area contributed by atoms with E-state index in [0.717, 1.165) is 53.6 Å². The van der Waals surface area contributed by atoms with Gasteiger partial charge in [0.2, 0.25) is 0 Å². The molecule has 2 N–H and O–H groups in total. The Labute approximate surface area is 188 Å². The molecule has 168 valence electrons. The van der Waals surface area contributed by atoms with Crippen LogP contribution in [0.3, 0.4) is 0 Å². The number of aromatic nitrogens is 1. The number of amides is 2. The molecule has 3 aromatic rings. The van der Waals surface area contributed by atoms with Crippen molar-refractivity contribution in [2.75, 3.05) is 11.9 Å². The van der Waals surface area contributed by atoms with E-state index in [1.165, 1.54) is 6.42 Å². The maximum atomic E-state index is 13.3. The van der Waals surface area contributed by atoms with E-state index in [4.69, 9.17) is 4.74 Å². The Bertz CT molecular complexity index is 1130. The van der Waals surface area contributed by atoms with Gasteiger partial charge < -0.3 is 19.9 Å². The number of hydrogen-bond acceptors (Lipinski definition) is 3. The van der Waals surface area contributed by atoms with Crippen LogP contribution in [-0.4, -0.2) is 28.6 Å². The Morgan fingerprint density at radius 1 is 1.09 bits per heavy atom. The van der Waals surface area contributed by atoms with Crippen molar-refractivity contribution in [3.8, 4) is 5.75 Å². The van der Waals surface area contributed by atoms with Crippen LogP contribution in [-0.2, 0) is 6.54 Å². The topological polar surface area (TPSA) is 74.4 Å². The Morgan fingerprint density at radius 3 is 2.56 bits per heavy atom. The number of hydrogen-bond donors (Lipinski definition) is 2. The second-order valence-electron chi connectivity index (χ2n) is 8.52. The van der Waals surface area contributed by atoms with Crippen molar-refractivity contribution in [1.29, 1.82) is 0 Å². The summed E-state index contributed by atoms with van der Waals surface area (Å²) in [6, 6.07) is 15.2. The third-order valence-electron chi connectivity index (χ3n) is 6.12. The van der Waals surface area contributed by atoms with Gasteiger partial charge in [-0.1, -0.05) is 37.0 Å². The average Bonchev–Trinajstić information content (AvgIpc) is 2.80. The third-order valence-corrected chi connectivity index (χ3v) is 6.12. The molecule has 0 bridgehead atoms. The zero-order valence-corrected chi connectivity index (χ0v) is 18.8. The van der Waals surface area contributed by atoms with Crippen molar-refractivity contribution in [3.63, 3.8) is 0 Å². The van der Waals surface area contributed by atoms with Crippen molar-refractivity contribution in [2.24, 2.45) is 0 Å². The Hall–Kier alpha value is -3.28. The van der Waals surface area contributed by atoms with Gasteiger partial charge in [0.25, 0.3) is 5.56 Å². The number of anilines is 1. The number of urea groups is 1. The van der Waals surface area contributed by atoms with E-state index in [0.29, 0.717) is 12.2 Å². The van der Waals surface area contributed by atoms with Gasteiger partial charge in [-0.2, -0.15) is 0 Å². The number of pyridine rings is 1. The molecule has 32 heavy (non-hydrogen) atoms. The smallest absolute Gasteiger partial charge is 0.322 e. The number of carbonyl (C=O) groups is 1. The van der Waals surface area contributed by atoms with Crippen LogP contribution >= 0.6 is 0 Å². The second-order valence-corrected chi connectivity index (χ2v) is 8.52. The molecule has 6 heteroatoms. The molecule has 0 aliphatic heterocycles. The fourth-order valence-corrected chi connectivity index (χ4v) is 4.38. The Kier molecular flexibility index (Phi) is 6.78. The van der Waals surface area contributed by atoms with Crippen molar-refractivity contribution in [1.82, 2.24) is 9.88 Å². The number of nitrogens with zero attached hydrogens (tertiary/aromatic N) is 1. The first-order valence-corrected chi connectivity index (χ1v) is 11.5. The van der Waals surface area contributed by atoms with Crippen LogP contribution in [0.25, 0.3) is 10.9 Å². The van der Waals surface area contributed by atoms with Crippen LogP contribution in [0.2, 0.25) is 0 Å². The van der Waals surface area contributed by atoms with Crippen molar-refractivity contribution in [2.45, 2.75) is 58.5 Å². The van der Waals surface area contributed by atoms with Crippen molar-refractivity contribution >= 4 is 22.6 Å². The van der Waals surface area contributed by atoms with E-state index in [9.17, 15) is 9.59 Å². The van der Waals surface area contributed by atoms with E-state index in [1.807, 2.05) is 67.3 Å². The first-order chi connectivity index (χ1) is 15.5. The second kappa shape index (κ2) is 9.90. The molecule has 1 heterocycles. The van der Waals surface area contributed by atoms with E-state index >= 15 is 0 Å². The van der Waals surface area contributed by atoms with Gasteiger partial charge in [0.1, 0.15) is 5.75 Å². The predicted molar refractivity (Wildman–Crippen MR) is 128 cm³/mol. The van der Waals surface area contributed by atoms with Crippen molar-refractivity contribution < 1.29 is 9.53 Å². The van der Waals surface area contributed by atoms with Crippen LogP contribution < -0.4 is 15.6 Å². The lowest BCUT2D eigenvalue weighted by Crippen LogP contribution is -2.44. The van der Waals surface area contributed by atoms with Gasteiger partial charge in [0.15, 0.2) is 0 Å². The lowest BCUT2D eigenvalue weighted by Gasteiger charge is -2.34. The molecule has 1 saturated carbocycles. The van der Waals surface area contributed by atoms with Crippen LogP contribution in [0.1, 0.15) is 50.2 Å². The number of ether oxygens (including phenoxy) is 1. The zero-order chi connectivity index (χ0) is 22.5. The summed E-state index contributed by atoms with van der Waals surface area (Å²) in [6.45, 7) is 4.81. The minimum Gasteiger partial charge on any atom is -0.494 e. The molecule has 1 fully saturated rings. The average molecular weight is 434 g/mol. The maximum absolute atomic E-state index is 13.3. The normalized spacial score (nSPS) is 14.3. The summed E-state index contributed by atoms with van der Waals surface area (Å²) in [5.74, 6) is 0.763. The number of rotatable bonds is 6. The highest BCUT2D eigenvalue weighted by Crippen LogP contribution is 2.26. The van der Waals surface area contributed by atoms with E-state index in [2.05, 4.69) is 10.3 Å². The van der Waals surface area contributed by atoms with Crippen molar-refractivity contribution in [3.05, 3.63) is 70.0 Å². The van der Waals surface area contributed by atoms with Gasteiger partial charge in [0, 0.05) is 28.2 Å². The molecule has 2 amide bonds. The highest BCUT2D eigenvalue weighted by atomic mass is 16.5. The number of fused-ring (bicyclic) bond motifs is 1. The number of carbonyl (C=O) groups excluding carboxylic acids is 1. The first-order valence-electron chi connectivity index (χ1n) is 11.5. The molecule has 1 aromatic heterocycles. The molecule has 1 aliphatic carbocycles. The Balaban J connectivity index is 1.62. The summed E-state index contributed by atoms with van der Waals surface area (Å²) in [7, 11) is 0. The molecule has 2 aromatic carbocycles. The lowest BCUT2D eigenvalue weighted by molar-refractivity contribution is 0.162. The first kappa shape index (κ1) is 21.9. The van der Waals surface area contributed by atoms with E-state index in [1.54, 1.807) is 0 Å². The maximum Gasteiger partial charge on any atom is 0.322 e. The zero-order valence-electron chi connectivity index (χ0n) is 18.8. The highest BCUT2D eigenvalue weighted by Gasteiger charge is 2.26. The number of aryl methyl sites for hydroxylation is 1. The molecular weight excluding hydrogens is 402 g/mol.